The summed E-state index contributed by atoms with van der Waals surface area (Å²) in [6, 6.07) is 4.61. The number of halogens is 1. The molecule has 2 aliphatic rings. The van der Waals surface area contributed by atoms with Gasteiger partial charge in [0.2, 0.25) is 5.95 Å². The normalized spacial score (nSPS) is 26.2. The van der Waals surface area contributed by atoms with Gasteiger partial charge < -0.3 is 20.3 Å². The number of nitrogens with zero attached hydrogens (tertiary/aromatic N) is 5. The van der Waals surface area contributed by atoms with Gasteiger partial charge in [-0.1, -0.05) is 24.8 Å². The fraction of sp³-hybridized carbons (Fsp3) is 0.429. The zero-order chi connectivity index (χ0) is 21.4. The molecule has 0 unspecified atom stereocenters. The molecule has 4 heterocycles. The summed E-state index contributed by atoms with van der Waals surface area (Å²) in [7, 11) is 0. The number of hydrogen-bond acceptors (Lipinski definition) is 8. The summed E-state index contributed by atoms with van der Waals surface area (Å²) < 4.78 is 20.6. The number of pyridine rings is 1. The van der Waals surface area contributed by atoms with Gasteiger partial charge in [-0.15, -0.1) is 0 Å². The first-order valence-electron chi connectivity index (χ1n) is 10.2. The van der Waals surface area contributed by atoms with E-state index in [1.807, 2.05) is 0 Å². The number of fused-ring (bicyclic) bond motifs is 1. The first-order valence-corrected chi connectivity index (χ1v) is 10.2. The highest BCUT2D eigenvalue weighted by molar-refractivity contribution is 5.82. The van der Waals surface area contributed by atoms with Crippen LogP contribution < -0.4 is 5.32 Å². The van der Waals surface area contributed by atoms with Crippen LogP contribution in [0, 0.1) is 17.8 Å². The Bertz CT molecular complexity index is 1150. The molecule has 3 N–H and O–H groups in total. The first-order chi connectivity index (χ1) is 15.1. The van der Waals surface area contributed by atoms with Crippen molar-refractivity contribution < 1.29 is 19.3 Å². The van der Waals surface area contributed by atoms with Gasteiger partial charge in [0.05, 0.1) is 6.33 Å². The second-order valence-corrected chi connectivity index (χ2v) is 7.72. The molecule has 1 saturated heterocycles. The average Bonchev–Trinajstić information content (AvgIpc) is 3.49. The van der Waals surface area contributed by atoms with E-state index >= 15 is 0 Å². The Morgan fingerprint density at radius 1 is 1.13 bits per heavy atom. The lowest BCUT2D eigenvalue weighted by Gasteiger charge is -2.16. The molecule has 1 aliphatic heterocycles. The Balaban J connectivity index is 1.40. The van der Waals surface area contributed by atoms with Crippen LogP contribution in [0.5, 0.6) is 0 Å². The number of aromatic nitrogens is 5. The topological polar surface area (TPSA) is 118 Å². The fourth-order valence-corrected chi connectivity index (χ4v) is 4.04. The average molecular weight is 424 g/mol. The molecule has 4 atom stereocenters. The van der Waals surface area contributed by atoms with Crippen molar-refractivity contribution in [3.63, 3.8) is 0 Å². The highest BCUT2D eigenvalue weighted by Gasteiger charge is 2.43. The summed E-state index contributed by atoms with van der Waals surface area (Å²) in [4.78, 5) is 16.7. The smallest absolute Gasteiger partial charge is 0.214 e. The van der Waals surface area contributed by atoms with E-state index in [9.17, 15) is 14.6 Å². The lowest BCUT2D eigenvalue weighted by atomic mass is 10.1. The maximum Gasteiger partial charge on any atom is 0.214 e. The number of ether oxygens (including phenoxy) is 1. The van der Waals surface area contributed by atoms with Crippen LogP contribution in [-0.2, 0) is 4.74 Å². The van der Waals surface area contributed by atoms with Gasteiger partial charge >= 0.3 is 0 Å². The molecule has 160 valence electrons. The van der Waals surface area contributed by atoms with Gasteiger partial charge in [-0.2, -0.15) is 4.39 Å². The Morgan fingerprint density at radius 3 is 2.77 bits per heavy atom. The minimum Gasteiger partial charge on any atom is -0.386 e. The number of aliphatic hydroxyl groups is 2. The van der Waals surface area contributed by atoms with Gasteiger partial charge in [-0.25, -0.2) is 19.9 Å². The minimum atomic E-state index is -1.26. The zero-order valence-corrected chi connectivity index (χ0v) is 16.5. The zero-order valence-electron chi connectivity index (χ0n) is 16.5. The molecule has 0 bridgehead atoms. The van der Waals surface area contributed by atoms with E-state index in [1.54, 1.807) is 10.6 Å². The summed E-state index contributed by atoms with van der Waals surface area (Å²) in [6.45, 7) is 0. The molecular formula is C21H21FN6O3. The Morgan fingerprint density at radius 2 is 1.97 bits per heavy atom. The molecule has 0 aromatic carbocycles. The van der Waals surface area contributed by atoms with Crippen molar-refractivity contribution in [2.45, 2.75) is 56.3 Å². The molecule has 10 heteroatoms. The van der Waals surface area contributed by atoms with Crippen LogP contribution in [-0.4, -0.2) is 59.1 Å². The van der Waals surface area contributed by atoms with Crippen LogP contribution in [0.3, 0.4) is 0 Å². The van der Waals surface area contributed by atoms with Crippen molar-refractivity contribution in [2.24, 2.45) is 0 Å². The molecule has 5 rings (SSSR count). The summed E-state index contributed by atoms with van der Waals surface area (Å²) in [6.07, 6.45) is 3.05. The van der Waals surface area contributed by atoms with Crippen LogP contribution in [0.25, 0.3) is 11.2 Å². The fourth-order valence-electron chi connectivity index (χ4n) is 4.04. The molecule has 2 fully saturated rings. The van der Waals surface area contributed by atoms with Crippen molar-refractivity contribution >= 4 is 17.0 Å². The molecule has 0 spiro atoms. The largest absolute Gasteiger partial charge is 0.386 e. The lowest BCUT2D eigenvalue weighted by Crippen LogP contribution is -2.31. The van der Waals surface area contributed by atoms with Crippen LogP contribution in [0.1, 0.15) is 37.6 Å². The maximum absolute atomic E-state index is 13.2. The molecule has 0 radical (unpaired) electrons. The van der Waals surface area contributed by atoms with Gasteiger partial charge in [0.1, 0.15) is 30.3 Å². The first kappa shape index (κ1) is 19.8. The monoisotopic (exact) mass is 424 g/mol. The molecule has 0 amide bonds. The molecule has 1 saturated carbocycles. The van der Waals surface area contributed by atoms with E-state index in [2.05, 4.69) is 37.1 Å². The molecule has 3 aromatic rings. The van der Waals surface area contributed by atoms with Crippen LogP contribution in [0.15, 0.2) is 30.9 Å². The third-order valence-electron chi connectivity index (χ3n) is 5.62. The van der Waals surface area contributed by atoms with E-state index in [0.29, 0.717) is 23.0 Å². The summed E-state index contributed by atoms with van der Waals surface area (Å²) in [5.41, 5.74) is 1.25. The van der Waals surface area contributed by atoms with E-state index in [4.69, 9.17) is 4.74 Å². The standard InChI is InChI=1S/C21H21FN6O3/c22-15-7-3-6-13(26-15)8-9-14-17(29)18(30)21(31-14)28-11-25-16-19(23-10-24-20(16)28)27-12-4-1-2-5-12/h3,6-7,10-12,14,17-18,21,29-30H,1-2,4-5H2,(H,23,24,27)/t14-,17-,18-,21-/m1/s1. The quantitative estimate of drug-likeness (QED) is 0.426. The van der Waals surface area contributed by atoms with E-state index < -0.39 is 30.5 Å². The molecule has 1 aliphatic carbocycles. The SMILES string of the molecule is O[C@@H]1[C@H](O)[C@@H](C#Cc2cccc(F)n2)O[C@H]1n1cnc2c(NC3CCCC3)ncnc21. The van der Waals surface area contributed by atoms with Gasteiger partial charge in [0, 0.05) is 6.04 Å². The number of hydrogen-bond donors (Lipinski definition) is 3. The second kappa shape index (κ2) is 8.19. The maximum atomic E-state index is 13.2. The molecule has 3 aromatic heterocycles. The molecule has 31 heavy (non-hydrogen) atoms. The third-order valence-corrected chi connectivity index (χ3v) is 5.62. The number of rotatable bonds is 3. The predicted molar refractivity (Wildman–Crippen MR) is 108 cm³/mol. The minimum absolute atomic E-state index is 0.206. The van der Waals surface area contributed by atoms with E-state index in [0.717, 1.165) is 12.8 Å². The van der Waals surface area contributed by atoms with Crippen LogP contribution in [0.4, 0.5) is 10.2 Å². The van der Waals surface area contributed by atoms with Gasteiger partial charge in [-0.3, -0.25) is 4.57 Å². The van der Waals surface area contributed by atoms with E-state index in [-0.39, 0.29) is 5.69 Å². The predicted octanol–water partition coefficient (Wildman–Crippen LogP) is 1.39. The van der Waals surface area contributed by atoms with Gasteiger partial charge in [-0.05, 0) is 30.9 Å². The number of anilines is 1. The lowest BCUT2D eigenvalue weighted by molar-refractivity contribution is -0.0230. The number of aliphatic hydroxyl groups excluding tert-OH is 2. The highest BCUT2D eigenvalue weighted by atomic mass is 19.1. The summed E-state index contributed by atoms with van der Waals surface area (Å²) in [5, 5.41) is 24.4. The summed E-state index contributed by atoms with van der Waals surface area (Å²) >= 11 is 0. The van der Waals surface area contributed by atoms with Gasteiger partial charge in [0.25, 0.3) is 0 Å². The Kier molecular flexibility index (Phi) is 5.23. The van der Waals surface area contributed by atoms with Crippen LogP contribution in [0.2, 0.25) is 0 Å². The summed E-state index contributed by atoms with van der Waals surface area (Å²) in [5.74, 6) is 5.38. The van der Waals surface area contributed by atoms with Crippen molar-refractivity contribution in [3.05, 3.63) is 42.5 Å². The highest BCUT2D eigenvalue weighted by Crippen LogP contribution is 2.32. The van der Waals surface area contributed by atoms with Crippen molar-refractivity contribution in [1.82, 2.24) is 24.5 Å². The number of imidazole rings is 1. The molecular weight excluding hydrogens is 403 g/mol. The van der Waals surface area contributed by atoms with Crippen molar-refractivity contribution in [2.75, 3.05) is 5.32 Å². The third kappa shape index (κ3) is 3.83. The number of nitrogens with one attached hydrogen (secondary N) is 1. The Labute approximate surface area is 177 Å². The van der Waals surface area contributed by atoms with Crippen LogP contribution >= 0.6 is 0 Å². The Hall–Kier alpha value is -3.13. The van der Waals surface area contributed by atoms with Crippen molar-refractivity contribution in [3.8, 4) is 11.8 Å². The van der Waals surface area contributed by atoms with Crippen molar-refractivity contribution in [1.29, 1.82) is 0 Å². The second-order valence-electron chi connectivity index (χ2n) is 7.72. The molecule has 9 nitrogen and oxygen atoms in total. The van der Waals surface area contributed by atoms with Gasteiger partial charge in [0.15, 0.2) is 23.2 Å². The van der Waals surface area contributed by atoms with E-state index in [1.165, 1.54) is 37.6 Å².